The number of carbonyl (C=O) groups excluding carboxylic acids is 1. The van der Waals surface area contributed by atoms with Crippen molar-refractivity contribution >= 4 is 21.7 Å². The number of aromatic hydroxyl groups is 1. The molecule has 0 aliphatic heterocycles. The van der Waals surface area contributed by atoms with Crippen LogP contribution in [0.3, 0.4) is 0 Å². The number of hydrogen-bond donors (Lipinski definition) is 2. The van der Waals surface area contributed by atoms with Crippen LogP contribution < -0.4 is 5.73 Å². The van der Waals surface area contributed by atoms with E-state index >= 15 is 0 Å². The molecule has 15 heavy (non-hydrogen) atoms. The Labute approximate surface area is 97.4 Å². The minimum atomic E-state index is -0.242. The van der Waals surface area contributed by atoms with Crippen LogP contribution in [0, 0.1) is 20.8 Å². The lowest BCUT2D eigenvalue weighted by atomic mass is 9.96. The van der Waals surface area contributed by atoms with Gasteiger partial charge in [-0.15, -0.1) is 0 Å². The Balaban J connectivity index is 3.60. The van der Waals surface area contributed by atoms with Crippen molar-refractivity contribution in [3.05, 3.63) is 26.7 Å². The summed E-state index contributed by atoms with van der Waals surface area (Å²) in [6, 6.07) is 0. The number of ketones is 1. The quantitative estimate of drug-likeness (QED) is 0.811. The molecule has 0 aromatic heterocycles. The molecule has 1 rings (SSSR count). The molecule has 3 N–H and O–H groups in total. The van der Waals surface area contributed by atoms with Gasteiger partial charge in [-0.1, -0.05) is 15.9 Å². The van der Waals surface area contributed by atoms with Gasteiger partial charge in [0.25, 0.3) is 0 Å². The van der Waals surface area contributed by atoms with E-state index in [0.717, 1.165) is 15.6 Å². The van der Waals surface area contributed by atoms with Gasteiger partial charge in [-0.05, 0) is 37.5 Å². The molecule has 82 valence electrons. The van der Waals surface area contributed by atoms with Gasteiger partial charge in [0.05, 0.1) is 12.1 Å². The molecule has 0 aliphatic rings. The molecule has 1 aromatic rings. The van der Waals surface area contributed by atoms with Crippen LogP contribution >= 0.6 is 15.9 Å². The second-order valence-corrected chi connectivity index (χ2v) is 4.33. The van der Waals surface area contributed by atoms with Crippen LogP contribution in [0.15, 0.2) is 4.47 Å². The van der Waals surface area contributed by atoms with Crippen molar-refractivity contribution in [1.82, 2.24) is 0 Å². The molecule has 3 nitrogen and oxygen atoms in total. The molecular formula is C11H14BrNO2. The molecule has 0 saturated heterocycles. The average Bonchev–Trinajstić information content (AvgIpc) is 2.23. The molecule has 0 amide bonds. The third kappa shape index (κ3) is 1.92. The fourth-order valence-electron chi connectivity index (χ4n) is 1.54. The Morgan fingerprint density at radius 2 is 1.80 bits per heavy atom. The predicted molar refractivity (Wildman–Crippen MR) is 63.4 cm³/mol. The van der Waals surface area contributed by atoms with Crippen molar-refractivity contribution in [1.29, 1.82) is 0 Å². The molecule has 0 unspecified atom stereocenters. The van der Waals surface area contributed by atoms with Gasteiger partial charge >= 0.3 is 0 Å². The van der Waals surface area contributed by atoms with E-state index in [1.165, 1.54) is 0 Å². The van der Waals surface area contributed by atoms with Gasteiger partial charge in [0.1, 0.15) is 5.75 Å². The lowest BCUT2D eigenvalue weighted by Gasteiger charge is -2.14. The normalized spacial score (nSPS) is 10.5. The van der Waals surface area contributed by atoms with Gasteiger partial charge in [-0.3, -0.25) is 4.79 Å². The van der Waals surface area contributed by atoms with Crippen LogP contribution in [0.4, 0.5) is 0 Å². The minimum absolute atomic E-state index is 0.0450. The summed E-state index contributed by atoms with van der Waals surface area (Å²) in [6.07, 6.45) is 0. The first-order valence-electron chi connectivity index (χ1n) is 4.63. The van der Waals surface area contributed by atoms with Gasteiger partial charge in [0.2, 0.25) is 0 Å². The number of phenolic OH excluding ortho intramolecular Hbond substituents is 1. The number of benzene rings is 1. The molecule has 0 aliphatic carbocycles. The van der Waals surface area contributed by atoms with Gasteiger partial charge in [0, 0.05) is 4.47 Å². The number of Topliss-reactive ketones (excluding diaryl/α,β-unsaturated/α-hetero) is 1. The Hall–Kier alpha value is -0.870. The SMILES string of the molecule is Cc1c(C)c(Br)c(C)c(C(=O)CN)c1O. The van der Waals surface area contributed by atoms with Crippen molar-refractivity contribution in [3.8, 4) is 5.75 Å². The van der Waals surface area contributed by atoms with Gasteiger partial charge in [-0.2, -0.15) is 0 Å². The van der Waals surface area contributed by atoms with E-state index in [2.05, 4.69) is 15.9 Å². The number of phenols is 1. The molecule has 1 aromatic carbocycles. The number of halogens is 1. The highest BCUT2D eigenvalue weighted by Gasteiger charge is 2.19. The van der Waals surface area contributed by atoms with Crippen molar-refractivity contribution in [3.63, 3.8) is 0 Å². The smallest absolute Gasteiger partial charge is 0.180 e. The molecule has 0 heterocycles. The summed E-state index contributed by atoms with van der Waals surface area (Å²) >= 11 is 3.41. The number of nitrogens with two attached hydrogens (primary N) is 1. The minimum Gasteiger partial charge on any atom is -0.507 e. The molecule has 0 fully saturated rings. The van der Waals surface area contributed by atoms with Gasteiger partial charge < -0.3 is 10.8 Å². The van der Waals surface area contributed by atoms with E-state index in [1.807, 2.05) is 6.92 Å². The lowest BCUT2D eigenvalue weighted by Crippen LogP contribution is -2.16. The van der Waals surface area contributed by atoms with Gasteiger partial charge in [-0.25, -0.2) is 0 Å². The highest BCUT2D eigenvalue weighted by Crippen LogP contribution is 2.35. The largest absolute Gasteiger partial charge is 0.507 e. The van der Waals surface area contributed by atoms with E-state index in [1.54, 1.807) is 13.8 Å². The highest BCUT2D eigenvalue weighted by molar-refractivity contribution is 9.10. The lowest BCUT2D eigenvalue weighted by molar-refractivity contribution is 0.0998. The zero-order chi connectivity index (χ0) is 11.7. The molecule has 0 radical (unpaired) electrons. The Kier molecular flexibility index (Phi) is 3.52. The van der Waals surface area contributed by atoms with Crippen LogP contribution in [0.2, 0.25) is 0 Å². The summed E-state index contributed by atoms with van der Waals surface area (Å²) in [4.78, 5) is 11.6. The predicted octanol–water partition coefficient (Wildman–Crippen LogP) is 2.22. The molecule has 0 bridgehead atoms. The maximum atomic E-state index is 11.6. The topological polar surface area (TPSA) is 63.3 Å². The van der Waals surface area contributed by atoms with E-state index in [4.69, 9.17) is 5.73 Å². The first kappa shape index (κ1) is 12.2. The number of carbonyl (C=O) groups is 1. The summed E-state index contributed by atoms with van der Waals surface area (Å²) in [5.41, 5.74) is 8.03. The van der Waals surface area contributed by atoms with Crippen molar-refractivity contribution in [2.75, 3.05) is 6.54 Å². The highest BCUT2D eigenvalue weighted by atomic mass is 79.9. The van der Waals surface area contributed by atoms with Crippen molar-refractivity contribution in [2.24, 2.45) is 5.73 Å². The first-order valence-corrected chi connectivity index (χ1v) is 5.42. The van der Waals surface area contributed by atoms with Crippen LogP contribution in [-0.4, -0.2) is 17.4 Å². The number of rotatable bonds is 2. The Bertz CT molecular complexity index is 398. The fourth-order valence-corrected chi connectivity index (χ4v) is 2.04. The monoisotopic (exact) mass is 271 g/mol. The van der Waals surface area contributed by atoms with E-state index in [-0.39, 0.29) is 18.1 Å². The Morgan fingerprint density at radius 3 is 2.27 bits per heavy atom. The van der Waals surface area contributed by atoms with Crippen LogP contribution in [0.1, 0.15) is 27.0 Å². The Morgan fingerprint density at radius 1 is 1.27 bits per heavy atom. The second-order valence-electron chi connectivity index (χ2n) is 3.54. The summed E-state index contributed by atoms with van der Waals surface area (Å²) in [5.74, 6) is -0.197. The maximum Gasteiger partial charge on any atom is 0.180 e. The van der Waals surface area contributed by atoms with Crippen LogP contribution in [0.5, 0.6) is 5.75 Å². The third-order valence-electron chi connectivity index (χ3n) is 2.65. The molecule has 4 heteroatoms. The molecular weight excluding hydrogens is 258 g/mol. The first-order chi connectivity index (χ1) is 6.91. The van der Waals surface area contributed by atoms with Crippen molar-refractivity contribution < 1.29 is 9.90 Å². The third-order valence-corrected chi connectivity index (χ3v) is 3.84. The molecule has 0 atom stereocenters. The zero-order valence-corrected chi connectivity index (χ0v) is 10.6. The van der Waals surface area contributed by atoms with Gasteiger partial charge in [0.15, 0.2) is 5.78 Å². The second kappa shape index (κ2) is 4.33. The summed E-state index contributed by atoms with van der Waals surface area (Å²) in [7, 11) is 0. The van der Waals surface area contributed by atoms with Crippen molar-refractivity contribution in [2.45, 2.75) is 20.8 Å². The van der Waals surface area contributed by atoms with E-state index in [9.17, 15) is 9.90 Å². The van der Waals surface area contributed by atoms with Crippen LogP contribution in [-0.2, 0) is 0 Å². The van der Waals surface area contributed by atoms with E-state index in [0.29, 0.717) is 11.1 Å². The fraction of sp³-hybridized carbons (Fsp3) is 0.364. The van der Waals surface area contributed by atoms with E-state index < -0.39 is 0 Å². The zero-order valence-electron chi connectivity index (χ0n) is 9.02. The summed E-state index contributed by atoms with van der Waals surface area (Å²) in [5, 5.41) is 9.89. The van der Waals surface area contributed by atoms with Crippen LogP contribution in [0.25, 0.3) is 0 Å². The summed E-state index contributed by atoms with van der Waals surface area (Å²) < 4.78 is 0.856. The maximum absolute atomic E-state index is 11.6. The number of hydrogen-bond acceptors (Lipinski definition) is 3. The molecule has 0 spiro atoms. The standard InChI is InChI=1S/C11H14BrNO2/c1-5-6(2)11(15)9(8(14)4-13)7(3)10(5)12/h15H,4,13H2,1-3H3. The molecule has 0 saturated carbocycles. The average molecular weight is 272 g/mol. The summed E-state index contributed by atoms with van der Waals surface area (Å²) in [6.45, 7) is 5.37.